The van der Waals surface area contributed by atoms with Gasteiger partial charge in [0.05, 0.1) is 18.6 Å². The van der Waals surface area contributed by atoms with Crippen LogP contribution in [0.2, 0.25) is 0 Å². The molecule has 1 N–H and O–H groups in total. The van der Waals surface area contributed by atoms with Crippen molar-refractivity contribution >= 4 is 5.97 Å². The summed E-state index contributed by atoms with van der Waals surface area (Å²) in [4.78, 5) is 13.3. The van der Waals surface area contributed by atoms with Crippen LogP contribution < -0.4 is 0 Å². The van der Waals surface area contributed by atoms with E-state index in [1.54, 1.807) is 6.92 Å². The molecular formula is C9H10F3NO2. The fourth-order valence-electron chi connectivity index (χ4n) is 1.07. The van der Waals surface area contributed by atoms with Crippen LogP contribution in [0, 0.1) is 0 Å². The second-order valence-corrected chi connectivity index (χ2v) is 2.89. The number of rotatable bonds is 3. The van der Waals surface area contributed by atoms with Crippen LogP contribution in [0.5, 0.6) is 0 Å². The molecule has 0 aliphatic rings. The van der Waals surface area contributed by atoms with Crippen molar-refractivity contribution in [3.05, 3.63) is 23.5 Å². The van der Waals surface area contributed by atoms with Gasteiger partial charge < -0.3 is 9.72 Å². The zero-order valence-corrected chi connectivity index (χ0v) is 8.02. The lowest BCUT2D eigenvalue weighted by molar-refractivity contribution is -0.142. The number of nitrogens with one attached hydrogen (secondary N) is 1. The largest absolute Gasteiger partial charge is 0.466 e. The van der Waals surface area contributed by atoms with E-state index in [1.165, 1.54) is 0 Å². The Morgan fingerprint density at radius 3 is 2.67 bits per heavy atom. The fraction of sp³-hybridized carbons (Fsp3) is 0.444. The van der Waals surface area contributed by atoms with Gasteiger partial charge in [0.25, 0.3) is 0 Å². The highest BCUT2D eigenvalue weighted by Crippen LogP contribution is 2.29. The Bertz CT molecular complexity index is 343. The monoisotopic (exact) mass is 221 g/mol. The Hall–Kier alpha value is -1.46. The first-order valence-corrected chi connectivity index (χ1v) is 4.33. The van der Waals surface area contributed by atoms with Gasteiger partial charge in [-0.25, -0.2) is 0 Å². The van der Waals surface area contributed by atoms with Crippen molar-refractivity contribution in [2.24, 2.45) is 0 Å². The van der Waals surface area contributed by atoms with E-state index in [4.69, 9.17) is 0 Å². The first-order chi connectivity index (χ1) is 6.93. The van der Waals surface area contributed by atoms with E-state index in [1.807, 2.05) is 0 Å². The van der Waals surface area contributed by atoms with Crippen molar-refractivity contribution in [3.8, 4) is 0 Å². The summed E-state index contributed by atoms with van der Waals surface area (Å²) >= 11 is 0. The molecule has 1 heterocycles. The Morgan fingerprint density at radius 2 is 2.20 bits per heavy atom. The zero-order valence-electron chi connectivity index (χ0n) is 8.02. The van der Waals surface area contributed by atoms with Crippen LogP contribution in [0.15, 0.2) is 12.3 Å². The second kappa shape index (κ2) is 4.37. The Balaban J connectivity index is 2.65. The highest BCUT2D eigenvalue weighted by atomic mass is 19.4. The summed E-state index contributed by atoms with van der Waals surface area (Å²) in [6.07, 6.45) is -3.73. The molecule has 1 rings (SSSR count). The molecule has 0 aliphatic heterocycles. The van der Waals surface area contributed by atoms with E-state index in [9.17, 15) is 18.0 Å². The molecule has 3 nitrogen and oxygen atoms in total. The number of aromatic nitrogens is 1. The molecule has 0 saturated carbocycles. The summed E-state index contributed by atoms with van der Waals surface area (Å²) in [7, 11) is 0. The van der Waals surface area contributed by atoms with Crippen molar-refractivity contribution in [2.75, 3.05) is 6.61 Å². The summed E-state index contributed by atoms with van der Waals surface area (Å²) in [5.41, 5.74) is -0.595. The van der Waals surface area contributed by atoms with Crippen LogP contribution in [0.3, 0.4) is 0 Å². The van der Waals surface area contributed by atoms with Gasteiger partial charge in [0.1, 0.15) is 0 Å². The summed E-state index contributed by atoms with van der Waals surface area (Å²) in [5.74, 6) is -0.548. The third-order valence-electron chi connectivity index (χ3n) is 1.71. The molecule has 0 unspecified atom stereocenters. The number of H-pyrrole nitrogens is 1. The number of hydrogen-bond acceptors (Lipinski definition) is 2. The van der Waals surface area contributed by atoms with Gasteiger partial charge in [0, 0.05) is 11.9 Å². The Kier molecular flexibility index (Phi) is 3.39. The molecule has 1 aromatic heterocycles. The molecule has 0 radical (unpaired) electrons. The fourth-order valence-corrected chi connectivity index (χ4v) is 1.07. The zero-order chi connectivity index (χ0) is 11.5. The van der Waals surface area contributed by atoms with Gasteiger partial charge in [-0.1, -0.05) is 0 Å². The molecule has 1 aromatic rings. The molecule has 6 heteroatoms. The molecule has 0 aromatic carbocycles. The molecule has 84 valence electrons. The van der Waals surface area contributed by atoms with Gasteiger partial charge in [0.15, 0.2) is 0 Å². The van der Waals surface area contributed by atoms with E-state index in [2.05, 4.69) is 9.72 Å². The van der Waals surface area contributed by atoms with Crippen LogP contribution >= 0.6 is 0 Å². The number of alkyl halides is 3. The highest BCUT2D eigenvalue weighted by Gasteiger charge is 2.31. The molecule has 15 heavy (non-hydrogen) atoms. The first kappa shape index (κ1) is 11.6. The molecule has 0 atom stereocenters. The summed E-state index contributed by atoms with van der Waals surface area (Å²) < 4.78 is 41.1. The van der Waals surface area contributed by atoms with Gasteiger partial charge in [-0.2, -0.15) is 13.2 Å². The number of ether oxygens (including phenoxy) is 1. The predicted molar refractivity (Wildman–Crippen MR) is 46.1 cm³/mol. The van der Waals surface area contributed by atoms with Crippen molar-refractivity contribution in [3.63, 3.8) is 0 Å². The minimum atomic E-state index is -4.39. The summed E-state index contributed by atoms with van der Waals surface area (Å²) in [6.45, 7) is 1.85. The molecule has 0 bridgehead atoms. The Labute approximate surface area is 84.2 Å². The van der Waals surface area contributed by atoms with Crippen LogP contribution in [0.1, 0.15) is 18.2 Å². The molecule has 0 aliphatic carbocycles. The first-order valence-electron chi connectivity index (χ1n) is 4.33. The number of aromatic amines is 1. The maximum Gasteiger partial charge on any atom is 0.417 e. The van der Waals surface area contributed by atoms with Crippen molar-refractivity contribution in [1.82, 2.24) is 4.98 Å². The number of halogens is 3. The van der Waals surface area contributed by atoms with Crippen LogP contribution in [-0.2, 0) is 22.1 Å². The summed E-state index contributed by atoms with van der Waals surface area (Å²) in [6, 6.07) is 0.900. The van der Waals surface area contributed by atoms with Gasteiger partial charge >= 0.3 is 12.1 Å². The van der Waals surface area contributed by atoms with Crippen molar-refractivity contribution in [1.29, 1.82) is 0 Å². The lowest BCUT2D eigenvalue weighted by Crippen LogP contribution is -2.07. The van der Waals surface area contributed by atoms with Crippen molar-refractivity contribution < 1.29 is 22.7 Å². The van der Waals surface area contributed by atoms with E-state index in [0.29, 0.717) is 0 Å². The average molecular weight is 221 g/mol. The molecule has 0 fully saturated rings. The maximum atomic E-state index is 12.2. The second-order valence-electron chi connectivity index (χ2n) is 2.89. The molecular weight excluding hydrogens is 211 g/mol. The molecule has 0 saturated heterocycles. The third kappa shape index (κ3) is 3.30. The van der Waals surface area contributed by atoms with E-state index in [-0.39, 0.29) is 18.7 Å². The van der Waals surface area contributed by atoms with Crippen LogP contribution in [-0.4, -0.2) is 17.6 Å². The average Bonchev–Trinajstić information content (AvgIpc) is 2.52. The minimum absolute atomic E-state index is 0.177. The third-order valence-corrected chi connectivity index (χ3v) is 1.71. The maximum absolute atomic E-state index is 12.2. The molecule has 0 amide bonds. The minimum Gasteiger partial charge on any atom is -0.466 e. The lowest BCUT2D eigenvalue weighted by atomic mass is 10.2. The van der Waals surface area contributed by atoms with Gasteiger partial charge in [-0.15, -0.1) is 0 Å². The predicted octanol–water partition coefficient (Wildman–Crippen LogP) is 2.14. The van der Waals surface area contributed by atoms with E-state index >= 15 is 0 Å². The van der Waals surface area contributed by atoms with Crippen molar-refractivity contribution in [2.45, 2.75) is 19.5 Å². The van der Waals surface area contributed by atoms with Crippen LogP contribution in [0.4, 0.5) is 13.2 Å². The SMILES string of the molecule is CCOC(=O)Cc1cc(C(F)(F)F)c[nH]1. The van der Waals surface area contributed by atoms with Gasteiger partial charge in [-0.05, 0) is 13.0 Å². The Morgan fingerprint density at radius 1 is 1.53 bits per heavy atom. The smallest absolute Gasteiger partial charge is 0.417 e. The van der Waals surface area contributed by atoms with Gasteiger partial charge in [0.2, 0.25) is 0 Å². The number of carbonyl (C=O) groups is 1. The number of hydrogen-bond donors (Lipinski definition) is 1. The number of esters is 1. The van der Waals surface area contributed by atoms with E-state index in [0.717, 1.165) is 12.3 Å². The van der Waals surface area contributed by atoms with Gasteiger partial charge in [-0.3, -0.25) is 4.79 Å². The lowest BCUT2D eigenvalue weighted by Gasteiger charge is -2.01. The standard InChI is InChI=1S/C9H10F3NO2/c1-2-15-8(14)4-7-3-6(5-13-7)9(10,11)12/h3,5,13H,2,4H2,1H3. The van der Waals surface area contributed by atoms with Crippen LogP contribution in [0.25, 0.3) is 0 Å². The highest BCUT2D eigenvalue weighted by molar-refractivity contribution is 5.72. The normalized spacial score (nSPS) is 11.5. The summed E-state index contributed by atoms with van der Waals surface area (Å²) in [5, 5.41) is 0. The molecule has 0 spiro atoms. The van der Waals surface area contributed by atoms with E-state index < -0.39 is 17.7 Å². The topological polar surface area (TPSA) is 42.1 Å². The number of carbonyl (C=O) groups excluding carboxylic acids is 1. The quantitative estimate of drug-likeness (QED) is 0.794.